The molecule has 2 aromatic carbocycles. The first-order valence-corrected chi connectivity index (χ1v) is 5.63. The van der Waals surface area contributed by atoms with E-state index in [1.165, 1.54) is 6.07 Å². The van der Waals surface area contributed by atoms with Crippen molar-refractivity contribution in [2.45, 2.75) is 6.61 Å². The van der Waals surface area contributed by atoms with Gasteiger partial charge in [-0.3, -0.25) is 4.79 Å². The minimum Gasteiger partial charge on any atom is -0.504 e. The van der Waals surface area contributed by atoms with Crippen LogP contribution in [0.15, 0.2) is 42.5 Å². The molecule has 1 N–H and O–H groups in total. The zero-order valence-corrected chi connectivity index (χ0v) is 10.0. The molecule has 0 saturated heterocycles. The van der Waals surface area contributed by atoms with Gasteiger partial charge in [0.15, 0.2) is 11.5 Å². The average molecular weight is 253 g/mol. The summed E-state index contributed by atoms with van der Waals surface area (Å²) in [6.07, 6.45) is 0.657. The van der Waals surface area contributed by atoms with Crippen LogP contribution in [-0.2, 0) is 6.61 Å². The minimum atomic E-state index is -0.0711. The highest BCUT2D eigenvalue weighted by molar-refractivity contribution is 5.76. The normalized spacial score (nSPS) is 9.63. The fraction of sp³-hybridized carbons (Fsp3) is 0.0667. The van der Waals surface area contributed by atoms with Crippen molar-refractivity contribution in [2.24, 2.45) is 0 Å². The second-order valence-electron chi connectivity index (χ2n) is 3.94. The van der Waals surface area contributed by atoms with Crippen molar-refractivity contribution in [3.8, 4) is 17.6 Å². The number of nitrogens with zero attached hydrogens (tertiary/aromatic N) is 1. The molecule has 0 heterocycles. The molecule has 0 bridgehead atoms. The molecule has 0 atom stereocenters. The number of benzene rings is 2. The highest BCUT2D eigenvalue weighted by Crippen LogP contribution is 2.27. The Bertz CT molecular complexity index is 627. The number of carbonyl (C=O) groups is 1. The van der Waals surface area contributed by atoms with E-state index >= 15 is 0 Å². The summed E-state index contributed by atoms with van der Waals surface area (Å²) in [7, 11) is 0. The van der Waals surface area contributed by atoms with E-state index in [9.17, 15) is 9.90 Å². The molecule has 19 heavy (non-hydrogen) atoms. The molecule has 0 aliphatic heterocycles. The van der Waals surface area contributed by atoms with E-state index < -0.39 is 0 Å². The molecule has 0 amide bonds. The van der Waals surface area contributed by atoms with Crippen molar-refractivity contribution in [1.82, 2.24) is 0 Å². The van der Waals surface area contributed by atoms with Gasteiger partial charge in [-0.05, 0) is 35.9 Å². The summed E-state index contributed by atoms with van der Waals surface area (Å²) in [6.45, 7) is 0.277. The number of hydrogen-bond acceptors (Lipinski definition) is 4. The molecule has 94 valence electrons. The first-order valence-electron chi connectivity index (χ1n) is 5.63. The van der Waals surface area contributed by atoms with E-state index in [-0.39, 0.29) is 12.4 Å². The Kier molecular flexibility index (Phi) is 3.79. The molecule has 2 aromatic rings. The summed E-state index contributed by atoms with van der Waals surface area (Å²) in [5.41, 5.74) is 1.86. The second kappa shape index (κ2) is 5.69. The topological polar surface area (TPSA) is 70.3 Å². The zero-order valence-electron chi connectivity index (χ0n) is 10.0. The smallest absolute Gasteiger partial charge is 0.161 e. The Balaban J connectivity index is 2.05. The van der Waals surface area contributed by atoms with Crippen molar-refractivity contribution < 1.29 is 14.6 Å². The maximum atomic E-state index is 10.5. The third-order valence-corrected chi connectivity index (χ3v) is 2.60. The SMILES string of the molecule is N#Cc1ccc(COc2ccc(C=O)cc2O)cc1. The molecule has 0 spiro atoms. The van der Waals surface area contributed by atoms with E-state index in [4.69, 9.17) is 10.00 Å². The zero-order chi connectivity index (χ0) is 13.7. The van der Waals surface area contributed by atoms with Gasteiger partial charge < -0.3 is 9.84 Å². The first kappa shape index (κ1) is 12.7. The van der Waals surface area contributed by atoms with Crippen LogP contribution in [0.4, 0.5) is 0 Å². The molecule has 0 fully saturated rings. The predicted molar refractivity (Wildman–Crippen MR) is 69.0 cm³/mol. The minimum absolute atomic E-state index is 0.0711. The number of phenolic OH excluding ortho intramolecular Hbond substituents is 1. The van der Waals surface area contributed by atoms with Crippen LogP contribution in [0.5, 0.6) is 11.5 Å². The Labute approximate surface area is 110 Å². The Morgan fingerprint density at radius 1 is 1.21 bits per heavy atom. The lowest BCUT2D eigenvalue weighted by Gasteiger charge is -2.08. The van der Waals surface area contributed by atoms with E-state index in [0.717, 1.165) is 5.56 Å². The number of aromatic hydroxyl groups is 1. The average Bonchev–Trinajstić information content (AvgIpc) is 2.46. The summed E-state index contributed by atoms with van der Waals surface area (Å²) < 4.78 is 5.45. The predicted octanol–water partition coefficient (Wildman–Crippen LogP) is 2.66. The summed E-state index contributed by atoms with van der Waals surface area (Å²) in [6, 6.07) is 13.5. The summed E-state index contributed by atoms with van der Waals surface area (Å²) in [5.74, 6) is 0.244. The number of nitriles is 1. The van der Waals surface area contributed by atoms with Gasteiger partial charge in [-0.15, -0.1) is 0 Å². The fourth-order valence-corrected chi connectivity index (χ4v) is 1.57. The van der Waals surface area contributed by atoms with Crippen LogP contribution < -0.4 is 4.74 Å². The lowest BCUT2D eigenvalue weighted by atomic mass is 10.1. The van der Waals surface area contributed by atoms with Gasteiger partial charge in [0.2, 0.25) is 0 Å². The monoisotopic (exact) mass is 253 g/mol. The van der Waals surface area contributed by atoms with Gasteiger partial charge in [0.1, 0.15) is 12.9 Å². The largest absolute Gasteiger partial charge is 0.504 e. The van der Waals surface area contributed by atoms with Crippen LogP contribution in [0, 0.1) is 11.3 Å². The van der Waals surface area contributed by atoms with Crippen LogP contribution in [-0.4, -0.2) is 11.4 Å². The van der Waals surface area contributed by atoms with Gasteiger partial charge in [-0.25, -0.2) is 0 Å². The summed E-state index contributed by atoms with van der Waals surface area (Å²) >= 11 is 0. The number of rotatable bonds is 4. The number of ether oxygens (including phenoxy) is 1. The Hall–Kier alpha value is -2.80. The van der Waals surface area contributed by atoms with Crippen LogP contribution in [0.3, 0.4) is 0 Å². The number of phenols is 1. The van der Waals surface area contributed by atoms with Crippen LogP contribution in [0.1, 0.15) is 21.5 Å². The Morgan fingerprint density at radius 2 is 1.95 bits per heavy atom. The summed E-state index contributed by atoms with van der Waals surface area (Å²) in [5, 5.41) is 18.3. The maximum Gasteiger partial charge on any atom is 0.161 e. The van der Waals surface area contributed by atoms with Gasteiger partial charge in [-0.2, -0.15) is 5.26 Å². The van der Waals surface area contributed by atoms with Gasteiger partial charge >= 0.3 is 0 Å². The molecule has 2 rings (SSSR count). The standard InChI is InChI=1S/C15H11NO3/c16-8-11-1-3-12(4-2-11)10-19-15-6-5-13(9-17)7-14(15)18/h1-7,9,18H,10H2. The molecule has 0 saturated carbocycles. The van der Waals surface area contributed by atoms with Crippen molar-refractivity contribution in [2.75, 3.05) is 0 Å². The fourth-order valence-electron chi connectivity index (χ4n) is 1.57. The first-order chi connectivity index (χ1) is 9.22. The second-order valence-corrected chi connectivity index (χ2v) is 3.94. The Morgan fingerprint density at radius 3 is 2.53 bits per heavy atom. The van der Waals surface area contributed by atoms with Gasteiger partial charge in [0.05, 0.1) is 11.6 Å². The molecule has 0 unspecified atom stereocenters. The van der Waals surface area contributed by atoms with Crippen molar-refractivity contribution in [3.05, 3.63) is 59.2 Å². The molecule has 0 aromatic heterocycles. The molecule has 0 radical (unpaired) electrons. The highest BCUT2D eigenvalue weighted by atomic mass is 16.5. The lowest BCUT2D eigenvalue weighted by Crippen LogP contribution is -1.96. The molecule has 0 aliphatic rings. The van der Waals surface area contributed by atoms with Gasteiger partial charge in [0.25, 0.3) is 0 Å². The number of aldehydes is 1. The summed E-state index contributed by atoms with van der Waals surface area (Å²) in [4.78, 5) is 10.5. The quantitative estimate of drug-likeness (QED) is 0.850. The van der Waals surface area contributed by atoms with Crippen LogP contribution in [0.25, 0.3) is 0 Å². The van der Waals surface area contributed by atoms with Crippen LogP contribution >= 0.6 is 0 Å². The third-order valence-electron chi connectivity index (χ3n) is 2.60. The molecule has 4 nitrogen and oxygen atoms in total. The third kappa shape index (κ3) is 3.11. The maximum absolute atomic E-state index is 10.5. The van der Waals surface area contributed by atoms with Gasteiger partial charge in [0, 0.05) is 5.56 Å². The van der Waals surface area contributed by atoms with Crippen molar-refractivity contribution >= 4 is 6.29 Å². The van der Waals surface area contributed by atoms with E-state index in [1.807, 2.05) is 6.07 Å². The molecule has 0 aliphatic carbocycles. The molecular weight excluding hydrogens is 242 g/mol. The van der Waals surface area contributed by atoms with Crippen molar-refractivity contribution in [3.63, 3.8) is 0 Å². The van der Waals surface area contributed by atoms with Crippen molar-refractivity contribution in [1.29, 1.82) is 5.26 Å². The lowest BCUT2D eigenvalue weighted by molar-refractivity contribution is 0.112. The number of carbonyl (C=O) groups excluding carboxylic acids is 1. The van der Waals surface area contributed by atoms with E-state index in [2.05, 4.69) is 0 Å². The number of hydrogen-bond donors (Lipinski definition) is 1. The van der Waals surface area contributed by atoms with Gasteiger partial charge in [-0.1, -0.05) is 12.1 Å². The van der Waals surface area contributed by atoms with Crippen LogP contribution in [0.2, 0.25) is 0 Å². The van der Waals surface area contributed by atoms with E-state index in [0.29, 0.717) is 23.2 Å². The van der Waals surface area contributed by atoms with E-state index in [1.54, 1.807) is 36.4 Å². The molecule has 4 heteroatoms. The highest BCUT2D eigenvalue weighted by Gasteiger charge is 2.04. The molecular formula is C15H11NO3.